The fourth-order valence-electron chi connectivity index (χ4n) is 2.29. The van der Waals surface area contributed by atoms with E-state index >= 15 is 0 Å². The normalized spacial score (nSPS) is 21.1. The minimum Gasteiger partial charge on any atom is -0.332 e. The van der Waals surface area contributed by atoms with Crippen LogP contribution in [0.3, 0.4) is 0 Å². The summed E-state index contributed by atoms with van der Waals surface area (Å²) in [4.78, 5) is 13.3. The van der Waals surface area contributed by atoms with Crippen LogP contribution in [0.15, 0.2) is 11.4 Å². The maximum atomic E-state index is 11.9. The number of hydrogen-bond acceptors (Lipinski definition) is 3. The maximum Gasteiger partial charge on any atom is 0.260 e. The van der Waals surface area contributed by atoms with Gasteiger partial charge in [-0.1, -0.05) is 11.6 Å². The van der Waals surface area contributed by atoms with Crippen LogP contribution in [0.2, 0.25) is 0 Å². The number of carbonyl (C=O) groups excluding carboxylic acids is 1. The van der Waals surface area contributed by atoms with Crippen LogP contribution in [0, 0.1) is 0 Å². The molecular weight excluding hydrogens is 244 g/mol. The number of nitrogens with one attached hydrogen (secondary N) is 2. The Morgan fingerprint density at radius 1 is 1.25 bits per heavy atom. The Morgan fingerprint density at radius 3 is 2.88 bits per heavy atom. The van der Waals surface area contributed by atoms with E-state index in [-0.39, 0.29) is 5.91 Å². The smallest absolute Gasteiger partial charge is 0.260 e. The van der Waals surface area contributed by atoms with Gasteiger partial charge in [-0.25, -0.2) is 0 Å². The second-order valence-electron chi connectivity index (χ2n) is 4.02. The van der Waals surface area contributed by atoms with Crippen molar-refractivity contribution in [3.8, 4) is 0 Å². The predicted octanol–water partition coefficient (Wildman–Crippen LogP) is 2.82. The van der Waals surface area contributed by atoms with Crippen LogP contribution < -0.4 is 10.6 Å². The number of rotatable bonds is 0. The number of hydrogen-bond donors (Lipinski definition) is 2. The van der Waals surface area contributed by atoms with Gasteiger partial charge in [0, 0.05) is 10.4 Å². The average Bonchev–Trinajstić information content (AvgIpc) is 2.67. The van der Waals surface area contributed by atoms with E-state index in [0.29, 0.717) is 5.82 Å². The van der Waals surface area contributed by atoms with Gasteiger partial charge < -0.3 is 10.6 Å². The predicted molar refractivity (Wildman–Crippen MR) is 66.0 cm³/mol. The number of amides is 1. The second kappa shape index (κ2) is 3.79. The van der Waals surface area contributed by atoms with Gasteiger partial charge in [-0.05, 0) is 31.2 Å². The third-order valence-corrected chi connectivity index (χ3v) is 4.43. The number of aryl methyl sites for hydroxylation is 1. The van der Waals surface area contributed by atoms with E-state index < -0.39 is 0 Å². The number of fused-ring (bicyclic) bond motifs is 3. The van der Waals surface area contributed by atoms with E-state index in [9.17, 15) is 4.79 Å². The van der Waals surface area contributed by atoms with Crippen LogP contribution >= 0.6 is 22.9 Å². The van der Waals surface area contributed by atoms with Crippen LogP contribution in [0.25, 0.3) is 0 Å². The lowest BCUT2D eigenvalue weighted by atomic mass is 9.95. The van der Waals surface area contributed by atoms with Gasteiger partial charge in [0.1, 0.15) is 10.8 Å². The molecule has 5 heteroatoms. The molecule has 2 aliphatic rings. The molecule has 0 saturated carbocycles. The molecule has 0 saturated heterocycles. The quantitative estimate of drug-likeness (QED) is 0.748. The second-order valence-corrected chi connectivity index (χ2v) is 5.34. The highest BCUT2D eigenvalue weighted by molar-refractivity contribution is 7.16. The van der Waals surface area contributed by atoms with Gasteiger partial charge in [-0.2, -0.15) is 0 Å². The zero-order valence-corrected chi connectivity index (χ0v) is 10.2. The standard InChI is InChI=1S/C11H11ClN2OS/c12-5-8-13-10(15)9-6-3-1-2-4-7(6)16-11(9)14-8/h5,14H,1-4H2,(H,13,15). The van der Waals surface area contributed by atoms with Crippen LogP contribution in [0.5, 0.6) is 0 Å². The van der Waals surface area contributed by atoms with Crippen molar-refractivity contribution in [2.45, 2.75) is 25.7 Å². The Balaban J connectivity index is 2.12. The highest BCUT2D eigenvalue weighted by atomic mass is 35.5. The van der Waals surface area contributed by atoms with Crippen molar-refractivity contribution < 1.29 is 4.79 Å². The van der Waals surface area contributed by atoms with Gasteiger partial charge >= 0.3 is 0 Å². The van der Waals surface area contributed by atoms with E-state index in [1.165, 1.54) is 28.8 Å². The Hall–Kier alpha value is -1.00. The molecule has 0 radical (unpaired) electrons. The van der Waals surface area contributed by atoms with Crippen molar-refractivity contribution in [1.82, 2.24) is 5.32 Å². The van der Waals surface area contributed by atoms with E-state index in [4.69, 9.17) is 11.6 Å². The summed E-state index contributed by atoms with van der Waals surface area (Å²) in [7, 11) is 0. The molecule has 0 atom stereocenters. The molecule has 1 aromatic rings. The first-order valence-corrected chi connectivity index (χ1v) is 6.58. The van der Waals surface area contributed by atoms with Gasteiger partial charge in [0.15, 0.2) is 0 Å². The molecule has 2 heterocycles. The molecule has 0 spiro atoms. The Labute approximate surface area is 102 Å². The summed E-state index contributed by atoms with van der Waals surface area (Å²) in [5, 5.41) is 6.84. The minimum absolute atomic E-state index is 0.0277. The van der Waals surface area contributed by atoms with Crippen LogP contribution in [-0.2, 0) is 12.8 Å². The molecule has 0 fully saturated rings. The molecule has 3 nitrogen and oxygen atoms in total. The molecule has 16 heavy (non-hydrogen) atoms. The van der Waals surface area contributed by atoms with Crippen molar-refractivity contribution >= 4 is 33.8 Å². The van der Waals surface area contributed by atoms with Gasteiger partial charge in [0.2, 0.25) is 0 Å². The highest BCUT2D eigenvalue weighted by Crippen LogP contribution is 2.40. The lowest BCUT2D eigenvalue weighted by molar-refractivity contribution is 0.0963. The van der Waals surface area contributed by atoms with E-state index in [1.54, 1.807) is 11.3 Å². The molecule has 2 N–H and O–H groups in total. The number of carbonyl (C=O) groups is 1. The van der Waals surface area contributed by atoms with Gasteiger partial charge in [-0.15, -0.1) is 11.3 Å². The van der Waals surface area contributed by atoms with Gasteiger partial charge in [0.05, 0.1) is 5.56 Å². The Kier molecular flexibility index (Phi) is 2.41. The molecule has 1 amide bonds. The molecule has 1 aliphatic carbocycles. The van der Waals surface area contributed by atoms with Crippen molar-refractivity contribution in [1.29, 1.82) is 0 Å². The zero-order chi connectivity index (χ0) is 11.1. The van der Waals surface area contributed by atoms with Gasteiger partial charge in [0.25, 0.3) is 5.91 Å². The first-order chi connectivity index (χ1) is 7.79. The molecule has 3 rings (SSSR count). The molecule has 1 aromatic heterocycles. The van der Waals surface area contributed by atoms with Crippen molar-refractivity contribution in [3.63, 3.8) is 0 Å². The highest BCUT2D eigenvalue weighted by Gasteiger charge is 2.29. The largest absolute Gasteiger partial charge is 0.332 e. The van der Waals surface area contributed by atoms with E-state index in [1.807, 2.05) is 0 Å². The minimum atomic E-state index is -0.0277. The summed E-state index contributed by atoms with van der Waals surface area (Å²) in [5.74, 6) is 0.540. The number of anilines is 1. The molecule has 0 unspecified atom stereocenters. The zero-order valence-electron chi connectivity index (χ0n) is 8.60. The summed E-state index contributed by atoms with van der Waals surface area (Å²) in [6.45, 7) is 0. The first-order valence-electron chi connectivity index (χ1n) is 5.33. The van der Waals surface area contributed by atoms with E-state index in [0.717, 1.165) is 23.4 Å². The number of thiophene rings is 1. The Morgan fingerprint density at radius 2 is 2.06 bits per heavy atom. The summed E-state index contributed by atoms with van der Waals surface area (Å²) in [6, 6.07) is 0. The molecule has 1 aliphatic heterocycles. The summed E-state index contributed by atoms with van der Waals surface area (Å²) in [5.41, 5.74) is 3.44. The fourth-order valence-corrected chi connectivity index (χ4v) is 3.70. The molecular formula is C11H11ClN2OS. The monoisotopic (exact) mass is 254 g/mol. The van der Waals surface area contributed by atoms with Crippen LogP contribution in [-0.4, -0.2) is 5.91 Å². The number of halogens is 1. The van der Waals surface area contributed by atoms with Gasteiger partial charge in [-0.3, -0.25) is 4.79 Å². The molecule has 0 bridgehead atoms. The first kappa shape index (κ1) is 10.2. The van der Waals surface area contributed by atoms with Crippen LogP contribution in [0.1, 0.15) is 33.6 Å². The van der Waals surface area contributed by atoms with Crippen molar-refractivity contribution in [2.75, 3.05) is 5.32 Å². The fraction of sp³-hybridized carbons (Fsp3) is 0.364. The lowest BCUT2D eigenvalue weighted by Crippen LogP contribution is -2.32. The summed E-state index contributed by atoms with van der Waals surface area (Å²) in [6.07, 6.45) is 4.53. The average molecular weight is 255 g/mol. The maximum absolute atomic E-state index is 11.9. The van der Waals surface area contributed by atoms with Crippen molar-refractivity contribution in [2.24, 2.45) is 0 Å². The lowest BCUT2D eigenvalue weighted by Gasteiger charge is -2.19. The topological polar surface area (TPSA) is 41.1 Å². The molecule has 0 aromatic carbocycles. The van der Waals surface area contributed by atoms with Crippen molar-refractivity contribution in [3.05, 3.63) is 27.4 Å². The third kappa shape index (κ3) is 1.44. The van der Waals surface area contributed by atoms with E-state index in [2.05, 4.69) is 10.6 Å². The SMILES string of the molecule is O=C1NC(=CCl)Nc2sc3c(c21)CCCC3. The Bertz CT molecular complexity index is 492. The summed E-state index contributed by atoms with van der Waals surface area (Å²) >= 11 is 7.29. The van der Waals surface area contributed by atoms with Crippen LogP contribution in [0.4, 0.5) is 5.00 Å². The third-order valence-electron chi connectivity index (χ3n) is 3.00. The molecule has 84 valence electrons. The summed E-state index contributed by atoms with van der Waals surface area (Å²) < 4.78 is 0.